The lowest BCUT2D eigenvalue weighted by molar-refractivity contribution is -0.140. The number of carbonyl (C=O) groups is 2. The fraction of sp³-hybridized carbons (Fsp3) is 0.481. The van der Waals surface area contributed by atoms with Crippen molar-refractivity contribution in [3.05, 3.63) is 66.2 Å². The average Bonchev–Trinajstić information content (AvgIpc) is 2.86. The fourth-order valence-corrected chi connectivity index (χ4v) is 5.04. The Morgan fingerprint density at radius 2 is 1.54 bits per heavy atom. The summed E-state index contributed by atoms with van der Waals surface area (Å²) >= 11 is 0. The van der Waals surface area contributed by atoms with Gasteiger partial charge in [-0.15, -0.1) is 0 Å². The van der Waals surface area contributed by atoms with Crippen LogP contribution in [-0.4, -0.2) is 62.2 Å². The lowest BCUT2D eigenvalue weighted by Crippen LogP contribution is -2.50. The number of amides is 2. The summed E-state index contributed by atoms with van der Waals surface area (Å²) in [6.07, 6.45) is 1.68. The van der Waals surface area contributed by atoms with Crippen LogP contribution in [0, 0.1) is 5.92 Å². The van der Waals surface area contributed by atoms with E-state index in [2.05, 4.69) is 5.32 Å². The predicted octanol–water partition coefficient (Wildman–Crippen LogP) is 3.71. The molecule has 35 heavy (non-hydrogen) atoms. The summed E-state index contributed by atoms with van der Waals surface area (Å²) in [6.45, 7) is 7.15. The topological polar surface area (TPSA) is 86.8 Å². The van der Waals surface area contributed by atoms with Crippen molar-refractivity contribution in [1.82, 2.24) is 14.5 Å². The largest absolute Gasteiger partial charge is 0.354 e. The van der Waals surface area contributed by atoms with Gasteiger partial charge in [-0.1, -0.05) is 69.3 Å². The second kappa shape index (κ2) is 14.0. The normalized spacial score (nSPS) is 12.5. The van der Waals surface area contributed by atoms with Crippen molar-refractivity contribution >= 4 is 21.8 Å². The molecule has 2 rings (SSSR count). The first-order valence-electron chi connectivity index (χ1n) is 12.3. The second-order valence-electron chi connectivity index (χ2n) is 9.13. The van der Waals surface area contributed by atoms with Crippen LogP contribution in [0.5, 0.6) is 0 Å². The van der Waals surface area contributed by atoms with E-state index in [0.717, 1.165) is 5.56 Å². The molecule has 0 bridgehead atoms. The van der Waals surface area contributed by atoms with E-state index in [-0.39, 0.29) is 29.7 Å². The van der Waals surface area contributed by atoms with E-state index in [9.17, 15) is 18.0 Å². The van der Waals surface area contributed by atoms with Crippen molar-refractivity contribution in [1.29, 1.82) is 0 Å². The number of nitrogens with zero attached hydrogens (tertiary/aromatic N) is 2. The molecule has 0 heterocycles. The first kappa shape index (κ1) is 28.5. The standard InChI is InChI=1S/C27H39N3O4S/c1-5-25(27(32)28-21-22(2)3)30(20-18-23-13-8-6-9-14-23)26(31)17-12-19-29(4)35(33,34)24-15-10-7-11-16-24/h6-11,13-16,22,25H,5,12,17-21H2,1-4H3,(H,28,32)/t25-/m0/s1. The molecule has 0 saturated heterocycles. The minimum Gasteiger partial charge on any atom is -0.354 e. The molecule has 0 fully saturated rings. The third kappa shape index (κ3) is 8.78. The minimum atomic E-state index is -3.61. The highest BCUT2D eigenvalue weighted by Gasteiger charge is 2.28. The monoisotopic (exact) mass is 501 g/mol. The van der Waals surface area contributed by atoms with Crippen molar-refractivity contribution in [2.45, 2.75) is 57.4 Å². The van der Waals surface area contributed by atoms with Gasteiger partial charge in [0.05, 0.1) is 4.90 Å². The van der Waals surface area contributed by atoms with Gasteiger partial charge in [0.15, 0.2) is 0 Å². The molecule has 0 radical (unpaired) electrons. The molecule has 0 spiro atoms. The van der Waals surface area contributed by atoms with Gasteiger partial charge in [0.2, 0.25) is 21.8 Å². The van der Waals surface area contributed by atoms with Gasteiger partial charge in [0, 0.05) is 33.1 Å². The van der Waals surface area contributed by atoms with Crippen LogP contribution in [-0.2, 0) is 26.0 Å². The Morgan fingerprint density at radius 1 is 0.943 bits per heavy atom. The van der Waals surface area contributed by atoms with E-state index in [1.165, 1.54) is 11.4 Å². The van der Waals surface area contributed by atoms with Crippen LogP contribution >= 0.6 is 0 Å². The zero-order valence-electron chi connectivity index (χ0n) is 21.3. The Balaban J connectivity index is 2.06. The van der Waals surface area contributed by atoms with E-state index in [4.69, 9.17) is 0 Å². The molecule has 7 nitrogen and oxygen atoms in total. The second-order valence-corrected chi connectivity index (χ2v) is 11.2. The summed E-state index contributed by atoms with van der Waals surface area (Å²) in [4.78, 5) is 28.1. The molecular formula is C27H39N3O4S. The van der Waals surface area contributed by atoms with Crippen LogP contribution in [0.2, 0.25) is 0 Å². The van der Waals surface area contributed by atoms with Crippen LogP contribution in [0.4, 0.5) is 0 Å². The maximum Gasteiger partial charge on any atom is 0.242 e. The molecule has 2 aromatic carbocycles. The number of benzene rings is 2. The lowest BCUT2D eigenvalue weighted by atomic mass is 10.1. The lowest BCUT2D eigenvalue weighted by Gasteiger charge is -2.31. The maximum atomic E-state index is 13.3. The Morgan fingerprint density at radius 3 is 2.11 bits per heavy atom. The Kier molecular flexibility index (Phi) is 11.4. The van der Waals surface area contributed by atoms with Crippen molar-refractivity contribution in [2.75, 3.05) is 26.7 Å². The van der Waals surface area contributed by atoms with Crippen LogP contribution < -0.4 is 5.32 Å². The molecule has 2 amide bonds. The number of carbonyl (C=O) groups excluding carboxylic acids is 2. The maximum absolute atomic E-state index is 13.3. The van der Waals surface area contributed by atoms with Gasteiger partial charge in [0.25, 0.3) is 0 Å². The van der Waals surface area contributed by atoms with E-state index in [1.54, 1.807) is 35.2 Å². The predicted molar refractivity (Wildman–Crippen MR) is 139 cm³/mol. The first-order valence-corrected chi connectivity index (χ1v) is 13.7. The average molecular weight is 502 g/mol. The van der Waals surface area contributed by atoms with Gasteiger partial charge < -0.3 is 10.2 Å². The SMILES string of the molecule is CC[C@@H](C(=O)NCC(C)C)N(CCc1ccccc1)C(=O)CCCN(C)S(=O)(=O)c1ccccc1. The smallest absolute Gasteiger partial charge is 0.242 e. The zero-order chi connectivity index (χ0) is 25.8. The van der Waals surface area contributed by atoms with Crippen LogP contribution in [0.25, 0.3) is 0 Å². The number of rotatable bonds is 14. The third-order valence-electron chi connectivity index (χ3n) is 5.87. The number of hydrogen-bond donors (Lipinski definition) is 1. The molecule has 1 N–H and O–H groups in total. The van der Waals surface area contributed by atoms with Crippen molar-refractivity contribution in [3.63, 3.8) is 0 Å². The molecule has 8 heteroatoms. The van der Waals surface area contributed by atoms with Gasteiger partial charge in [-0.3, -0.25) is 9.59 Å². The number of hydrogen-bond acceptors (Lipinski definition) is 4. The molecule has 0 aliphatic heterocycles. The minimum absolute atomic E-state index is 0.141. The first-order chi connectivity index (χ1) is 16.7. The molecule has 0 aliphatic carbocycles. The highest BCUT2D eigenvalue weighted by molar-refractivity contribution is 7.89. The molecule has 0 unspecified atom stereocenters. The quantitative estimate of drug-likeness (QED) is 0.428. The van der Waals surface area contributed by atoms with Gasteiger partial charge in [-0.05, 0) is 42.9 Å². The summed E-state index contributed by atoms with van der Waals surface area (Å²) in [6, 6.07) is 17.6. The molecule has 1 atom stereocenters. The molecule has 0 saturated carbocycles. The third-order valence-corrected chi connectivity index (χ3v) is 7.74. The molecule has 192 valence electrons. The molecular weight excluding hydrogens is 462 g/mol. The summed E-state index contributed by atoms with van der Waals surface area (Å²) in [5.41, 5.74) is 1.09. The zero-order valence-corrected chi connectivity index (χ0v) is 22.1. The van der Waals surface area contributed by atoms with Crippen LogP contribution in [0.1, 0.15) is 45.6 Å². The van der Waals surface area contributed by atoms with Gasteiger partial charge in [-0.25, -0.2) is 12.7 Å². The molecule has 0 aromatic heterocycles. The van der Waals surface area contributed by atoms with E-state index < -0.39 is 16.1 Å². The Labute approximate surface area is 210 Å². The summed E-state index contributed by atoms with van der Waals surface area (Å²) in [7, 11) is -2.09. The van der Waals surface area contributed by atoms with Crippen LogP contribution in [0.15, 0.2) is 65.6 Å². The van der Waals surface area contributed by atoms with Crippen LogP contribution in [0.3, 0.4) is 0 Å². The van der Waals surface area contributed by atoms with Crippen molar-refractivity contribution < 1.29 is 18.0 Å². The van der Waals surface area contributed by atoms with Gasteiger partial charge in [-0.2, -0.15) is 0 Å². The number of sulfonamides is 1. The Bertz CT molecular complexity index is 1030. The summed E-state index contributed by atoms with van der Waals surface area (Å²) < 4.78 is 26.8. The van der Waals surface area contributed by atoms with Gasteiger partial charge in [0.1, 0.15) is 6.04 Å². The van der Waals surface area contributed by atoms with E-state index in [0.29, 0.717) is 38.3 Å². The Hall–Kier alpha value is -2.71. The van der Waals surface area contributed by atoms with E-state index >= 15 is 0 Å². The summed E-state index contributed by atoms with van der Waals surface area (Å²) in [5.74, 6) is 0.0244. The molecule has 2 aromatic rings. The highest BCUT2D eigenvalue weighted by atomic mass is 32.2. The summed E-state index contributed by atoms with van der Waals surface area (Å²) in [5, 5.41) is 2.96. The number of nitrogens with one attached hydrogen (secondary N) is 1. The van der Waals surface area contributed by atoms with Gasteiger partial charge >= 0.3 is 0 Å². The van der Waals surface area contributed by atoms with Crippen molar-refractivity contribution in [3.8, 4) is 0 Å². The fourth-order valence-electron chi connectivity index (χ4n) is 3.81. The highest BCUT2D eigenvalue weighted by Crippen LogP contribution is 2.16. The van der Waals surface area contributed by atoms with Crippen molar-refractivity contribution in [2.24, 2.45) is 5.92 Å². The molecule has 0 aliphatic rings. The van der Waals surface area contributed by atoms with E-state index in [1.807, 2.05) is 51.1 Å².